The summed E-state index contributed by atoms with van der Waals surface area (Å²) in [6, 6.07) is 5.06. The van der Waals surface area contributed by atoms with Gasteiger partial charge in [-0.3, -0.25) is 14.9 Å². The highest BCUT2D eigenvalue weighted by Crippen LogP contribution is 2.26. The van der Waals surface area contributed by atoms with Gasteiger partial charge in [-0.2, -0.15) is 0 Å². The number of hydrogen-bond acceptors (Lipinski definition) is 3. The lowest BCUT2D eigenvalue weighted by atomic mass is 10.0. The second kappa shape index (κ2) is 10.8. The first kappa shape index (κ1) is 19.1. The van der Waals surface area contributed by atoms with Crippen LogP contribution in [0.4, 0.5) is 11.4 Å². The Hall–Kier alpha value is -1.91. The van der Waals surface area contributed by atoms with E-state index in [1.807, 2.05) is 6.07 Å². The molecule has 0 spiro atoms. The largest absolute Gasteiger partial charge is 0.321 e. The van der Waals surface area contributed by atoms with Gasteiger partial charge in [0.05, 0.1) is 4.92 Å². The number of anilines is 1. The van der Waals surface area contributed by atoms with Gasteiger partial charge in [0.2, 0.25) is 5.91 Å². The van der Waals surface area contributed by atoms with E-state index < -0.39 is 4.92 Å². The minimum atomic E-state index is -0.442. The number of nitro groups is 1. The van der Waals surface area contributed by atoms with Crippen LogP contribution in [0.15, 0.2) is 18.2 Å². The molecule has 0 saturated carbocycles. The van der Waals surface area contributed by atoms with Crippen molar-refractivity contribution in [2.24, 2.45) is 0 Å². The molecule has 1 aromatic carbocycles. The maximum atomic E-state index is 11.1. The van der Waals surface area contributed by atoms with Crippen molar-refractivity contribution in [3.05, 3.63) is 33.9 Å². The highest BCUT2D eigenvalue weighted by Gasteiger charge is 2.15. The predicted octanol–water partition coefficient (Wildman–Crippen LogP) is 5.24. The number of benzene rings is 1. The summed E-state index contributed by atoms with van der Waals surface area (Å²) in [4.78, 5) is 21.7. The topological polar surface area (TPSA) is 72.2 Å². The number of nitrogens with zero attached hydrogens (tertiary/aromatic N) is 1. The first-order valence-corrected chi connectivity index (χ1v) is 8.59. The van der Waals surface area contributed by atoms with Gasteiger partial charge in [0, 0.05) is 13.0 Å². The SMILES string of the molecule is CCCCCCCCCCc1ccc(NC(C)=O)c([N+](=O)[O-])c1. The van der Waals surface area contributed by atoms with Crippen molar-refractivity contribution in [3.8, 4) is 0 Å². The second-order valence-corrected chi connectivity index (χ2v) is 6.01. The molecule has 1 amide bonds. The first-order chi connectivity index (χ1) is 11.0. The molecule has 5 heteroatoms. The number of amides is 1. The molecule has 0 fully saturated rings. The molecule has 0 aromatic heterocycles. The van der Waals surface area contributed by atoms with Gasteiger partial charge in [-0.1, -0.05) is 57.9 Å². The van der Waals surface area contributed by atoms with Gasteiger partial charge >= 0.3 is 0 Å². The highest BCUT2D eigenvalue weighted by molar-refractivity contribution is 5.91. The normalized spacial score (nSPS) is 10.5. The zero-order chi connectivity index (χ0) is 17.1. The number of carbonyl (C=O) groups excluding carboxylic acids is 1. The Balaban J connectivity index is 2.41. The molecule has 0 aliphatic carbocycles. The predicted molar refractivity (Wildman–Crippen MR) is 93.7 cm³/mol. The number of aryl methyl sites for hydroxylation is 1. The lowest BCUT2D eigenvalue weighted by Gasteiger charge is -2.06. The van der Waals surface area contributed by atoms with Crippen molar-refractivity contribution >= 4 is 17.3 Å². The quantitative estimate of drug-likeness (QED) is 0.344. The van der Waals surface area contributed by atoms with Crippen LogP contribution in [0.5, 0.6) is 0 Å². The number of hydrogen-bond donors (Lipinski definition) is 1. The molecule has 0 aliphatic rings. The average molecular weight is 320 g/mol. The first-order valence-electron chi connectivity index (χ1n) is 8.59. The fourth-order valence-electron chi connectivity index (χ4n) is 2.64. The molecule has 0 bridgehead atoms. The van der Waals surface area contributed by atoms with Gasteiger partial charge in [0.1, 0.15) is 5.69 Å². The van der Waals surface area contributed by atoms with Crippen LogP contribution >= 0.6 is 0 Å². The minimum Gasteiger partial charge on any atom is -0.321 e. The zero-order valence-electron chi connectivity index (χ0n) is 14.3. The number of rotatable bonds is 11. The van der Waals surface area contributed by atoms with Crippen LogP contribution < -0.4 is 5.32 Å². The van der Waals surface area contributed by atoms with Crippen molar-refractivity contribution in [1.29, 1.82) is 0 Å². The smallest absolute Gasteiger partial charge is 0.293 e. The summed E-state index contributed by atoms with van der Waals surface area (Å²) in [5.41, 5.74) is 1.19. The fourth-order valence-corrected chi connectivity index (χ4v) is 2.64. The highest BCUT2D eigenvalue weighted by atomic mass is 16.6. The van der Waals surface area contributed by atoms with Gasteiger partial charge in [0.15, 0.2) is 0 Å². The number of nitrogens with one attached hydrogen (secondary N) is 1. The van der Waals surface area contributed by atoms with Gasteiger partial charge in [0.25, 0.3) is 5.69 Å². The van der Waals surface area contributed by atoms with Crippen molar-refractivity contribution in [2.45, 2.75) is 71.6 Å². The maximum Gasteiger partial charge on any atom is 0.293 e. The second-order valence-electron chi connectivity index (χ2n) is 6.01. The van der Waals surface area contributed by atoms with E-state index in [1.165, 1.54) is 45.4 Å². The Morgan fingerprint density at radius 2 is 1.70 bits per heavy atom. The molecule has 0 heterocycles. The van der Waals surface area contributed by atoms with Crippen molar-refractivity contribution in [3.63, 3.8) is 0 Å². The molecule has 23 heavy (non-hydrogen) atoms. The van der Waals surface area contributed by atoms with Gasteiger partial charge < -0.3 is 5.32 Å². The third kappa shape index (κ3) is 7.77. The molecule has 1 rings (SSSR count). The molecule has 1 aromatic rings. The monoisotopic (exact) mass is 320 g/mol. The summed E-state index contributed by atoms with van der Waals surface area (Å²) >= 11 is 0. The van der Waals surface area contributed by atoms with Crippen molar-refractivity contribution in [1.82, 2.24) is 0 Å². The van der Waals surface area contributed by atoms with Crippen LogP contribution in [0.25, 0.3) is 0 Å². The summed E-state index contributed by atoms with van der Waals surface area (Å²) < 4.78 is 0. The van der Waals surface area contributed by atoms with E-state index in [1.54, 1.807) is 12.1 Å². The third-order valence-corrected chi connectivity index (χ3v) is 3.89. The average Bonchev–Trinajstić information content (AvgIpc) is 2.50. The molecule has 1 N–H and O–H groups in total. The van der Waals surface area contributed by atoms with Crippen LogP contribution in [0, 0.1) is 10.1 Å². The Kier molecular flexibility index (Phi) is 8.95. The molecule has 0 saturated heterocycles. The Morgan fingerprint density at radius 1 is 1.09 bits per heavy atom. The molecular formula is C18H28N2O3. The standard InChI is InChI=1S/C18H28N2O3/c1-3-4-5-6-7-8-9-10-11-16-12-13-17(19-15(2)21)18(14-16)20(22)23/h12-14H,3-11H2,1-2H3,(H,19,21). The summed E-state index contributed by atoms with van der Waals surface area (Å²) in [7, 11) is 0. The number of unbranched alkanes of at least 4 members (excludes halogenated alkanes) is 7. The van der Waals surface area contributed by atoms with Crippen molar-refractivity contribution in [2.75, 3.05) is 5.32 Å². The van der Waals surface area contributed by atoms with Gasteiger partial charge in [-0.25, -0.2) is 0 Å². The molecule has 0 atom stereocenters. The minimum absolute atomic E-state index is 0.0303. The van der Waals surface area contributed by atoms with E-state index in [-0.39, 0.29) is 17.3 Å². The van der Waals surface area contributed by atoms with Crippen LogP contribution in [0.2, 0.25) is 0 Å². The Labute approximate surface area is 138 Å². The van der Waals surface area contributed by atoms with E-state index in [0.717, 1.165) is 24.8 Å². The molecule has 0 unspecified atom stereocenters. The van der Waals surface area contributed by atoms with E-state index in [9.17, 15) is 14.9 Å². The molecule has 0 aliphatic heterocycles. The summed E-state index contributed by atoms with van der Waals surface area (Å²) in [6.07, 6.45) is 10.8. The third-order valence-electron chi connectivity index (χ3n) is 3.89. The van der Waals surface area contributed by atoms with Crippen LogP contribution in [0.3, 0.4) is 0 Å². The van der Waals surface area contributed by atoms with Crippen LogP contribution in [-0.4, -0.2) is 10.8 Å². The van der Waals surface area contributed by atoms with E-state index >= 15 is 0 Å². The Morgan fingerprint density at radius 3 is 2.26 bits per heavy atom. The lowest BCUT2D eigenvalue weighted by Crippen LogP contribution is -2.08. The molecule has 0 radical (unpaired) electrons. The van der Waals surface area contributed by atoms with Crippen LogP contribution in [0.1, 0.15) is 70.8 Å². The van der Waals surface area contributed by atoms with Crippen molar-refractivity contribution < 1.29 is 9.72 Å². The molecule has 5 nitrogen and oxygen atoms in total. The molecular weight excluding hydrogens is 292 g/mol. The van der Waals surface area contributed by atoms with E-state index in [0.29, 0.717) is 0 Å². The van der Waals surface area contributed by atoms with E-state index in [2.05, 4.69) is 12.2 Å². The maximum absolute atomic E-state index is 11.1. The van der Waals surface area contributed by atoms with Crippen LogP contribution in [-0.2, 0) is 11.2 Å². The zero-order valence-corrected chi connectivity index (χ0v) is 14.3. The summed E-state index contributed by atoms with van der Waals surface area (Å²) in [6.45, 7) is 3.56. The fraction of sp³-hybridized carbons (Fsp3) is 0.611. The number of carbonyl (C=O) groups is 1. The number of nitro benzene ring substituents is 1. The molecule has 128 valence electrons. The summed E-state index contributed by atoms with van der Waals surface area (Å²) in [5.74, 6) is -0.302. The Bertz CT molecular complexity index is 515. The van der Waals surface area contributed by atoms with E-state index in [4.69, 9.17) is 0 Å². The van der Waals surface area contributed by atoms with Gasteiger partial charge in [-0.15, -0.1) is 0 Å². The lowest BCUT2D eigenvalue weighted by molar-refractivity contribution is -0.384. The summed E-state index contributed by atoms with van der Waals surface area (Å²) in [5, 5.41) is 13.6. The van der Waals surface area contributed by atoms with Gasteiger partial charge in [-0.05, 0) is 24.5 Å².